The fourth-order valence-corrected chi connectivity index (χ4v) is 2.20. The molecule has 1 aromatic carbocycles. The van der Waals surface area contributed by atoms with Crippen molar-refractivity contribution in [1.29, 1.82) is 0 Å². The number of nitrogens with zero attached hydrogens (tertiary/aromatic N) is 2. The van der Waals surface area contributed by atoms with Crippen LogP contribution < -0.4 is 11.3 Å². The van der Waals surface area contributed by atoms with E-state index in [4.69, 9.17) is 4.42 Å². The van der Waals surface area contributed by atoms with Crippen molar-refractivity contribution in [1.82, 2.24) is 9.55 Å². The van der Waals surface area contributed by atoms with Gasteiger partial charge in [-0.3, -0.25) is 4.79 Å². The van der Waals surface area contributed by atoms with Gasteiger partial charge in [0, 0.05) is 12.4 Å². The highest BCUT2D eigenvalue weighted by atomic mass is 16.4. The van der Waals surface area contributed by atoms with E-state index >= 15 is 0 Å². The minimum atomic E-state index is -0.682. The smallest absolute Gasteiger partial charge is 0.407 e. The second-order valence-electron chi connectivity index (χ2n) is 4.15. The molecule has 0 aliphatic rings. The highest BCUT2D eigenvalue weighted by Crippen LogP contribution is 2.21. The van der Waals surface area contributed by atoms with Gasteiger partial charge in [-0.2, -0.15) is 4.98 Å². The third-order valence-corrected chi connectivity index (χ3v) is 3.07. The predicted molar refractivity (Wildman–Crippen MR) is 67.8 cm³/mol. The van der Waals surface area contributed by atoms with Crippen LogP contribution in [0.15, 0.2) is 38.3 Å². The van der Waals surface area contributed by atoms with E-state index in [9.17, 15) is 9.59 Å². The first-order valence-corrected chi connectivity index (χ1v) is 5.49. The molecule has 0 unspecified atom stereocenters. The molecule has 0 aliphatic carbocycles. The molecule has 5 nitrogen and oxygen atoms in total. The first kappa shape index (κ1) is 10.7. The normalized spacial score (nSPS) is 11.2. The SMILES string of the molecule is Cc1nc(=O)oc2c1c(=O)n(C)c1ccccc21. The van der Waals surface area contributed by atoms with E-state index in [1.165, 1.54) is 4.57 Å². The summed E-state index contributed by atoms with van der Waals surface area (Å²) in [7, 11) is 1.69. The van der Waals surface area contributed by atoms with Crippen LogP contribution in [-0.4, -0.2) is 9.55 Å². The van der Waals surface area contributed by atoms with Crippen molar-refractivity contribution in [3.63, 3.8) is 0 Å². The zero-order valence-electron chi connectivity index (χ0n) is 9.93. The van der Waals surface area contributed by atoms with Crippen molar-refractivity contribution in [2.45, 2.75) is 6.92 Å². The van der Waals surface area contributed by atoms with Crippen molar-refractivity contribution >= 4 is 21.9 Å². The van der Waals surface area contributed by atoms with Gasteiger partial charge in [0.05, 0.1) is 11.2 Å². The van der Waals surface area contributed by atoms with E-state index in [0.29, 0.717) is 16.7 Å². The summed E-state index contributed by atoms with van der Waals surface area (Å²) < 4.78 is 6.65. The molecule has 0 bridgehead atoms. The summed E-state index contributed by atoms with van der Waals surface area (Å²) in [6.45, 7) is 1.63. The summed E-state index contributed by atoms with van der Waals surface area (Å²) in [6, 6.07) is 7.30. The highest BCUT2D eigenvalue weighted by molar-refractivity contribution is 6.02. The van der Waals surface area contributed by atoms with Crippen molar-refractivity contribution in [2.75, 3.05) is 0 Å². The molecule has 0 N–H and O–H groups in total. The second-order valence-corrected chi connectivity index (χ2v) is 4.15. The fraction of sp³-hybridized carbons (Fsp3) is 0.154. The van der Waals surface area contributed by atoms with Crippen LogP contribution in [0.4, 0.5) is 0 Å². The molecule has 0 spiro atoms. The van der Waals surface area contributed by atoms with Crippen molar-refractivity contribution < 1.29 is 4.42 Å². The maximum absolute atomic E-state index is 12.2. The third-order valence-electron chi connectivity index (χ3n) is 3.07. The third kappa shape index (κ3) is 1.30. The van der Waals surface area contributed by atoms with Crippen LogP contribution in [-0.2, 0) is 7.05 Å². The van der Waals surface area contributed by atoms with Gasteiger partial charge in [-0.1, -0.05) is 12.1 Å². The van der Waals surface area contributed by atoms with Crippen LogP contribution in [0.5, 0.6) is 0 Å². The van der Waals surface area contributed by atoms with Crippen LogP contribution in [0.2, 0.25) is 0 Å². The molecule has 0 radical (unpaired) electrons. The number of para-hydroxylation sites is 1. The van der Waals surface area contributed by atoms with Gasteiger partial charge in [-0.25, -0.2) is 4.79 Å². The molecule has 0 saturated carbocycles. The average Bonchev–Trinajstić information content (AvgIpc) is 2.35. The number of aryl methyl sites for hydroxylation is 2. The molecule has 18 heavy (non-hydrogen) atoms. The summed E-state index contributed by atoms with van der Waals surface area (Å²) in [5, 5.41) is 1.09. The Morgan fingerprint density at radius 3 is 2.72 bits per heavy atom. The lowest BCUT2D eigenvalue weighted by atomic mass is 10.1. The Morgan fingerprint density at radius 2 is 1.94 bits per heavy atom. The molecular formula is C13H10N2O3. The topological polar surface area (TPSA) is 65.1 Å². The first-order chi connectivity index (χ1) is 8.59. The first-order valence-electron chi connectivity index (χ1n) is 5.49. The summed E-state index contributed by atoms with van der Waals surface area (Å²) >= 11 is 0. The van der Waals surface area contributed by atoms with E-state index in [1.807, 2.05) is 24.3 Å². The zero-order chi connectivity index (χ0) is 12.9. The van der Waals surface area contributed by atoms with Gasteiger partial charge in [-0.05, 0) is 19.1 Å². The number of pyridine rings is 1. The van der Waals surface area contributed by atoms with Gasteiger partial charge in [-0.15, -0.1) is 0 Å². The highest BCUT2D eigenvalue weighted by Gasteiger charge is 2.13. The molecule has 5 heteroatoms. The Morgan fingerprint density at radius 1 is 1.22 bits per heavy atom. The predicted octanol–water partition coefficient (Wildman–Crippen LogP) is 1.35. The van der Waals surface area contributed by atoms with Crippen LogP contribution in [0.3, 0.4) is 0 Å². The van der Waals surface area contributed by atoms with Crippen LogP contribution in [0, 0.1) is 6.92 Å². The largest absolute Gasteiger partial charge is 0.439 e. The van der Waals surface area contributed by atoms with E-state index in [0.717, 1.165) is 10.9 Å². The number of rotatable bonds is 0. The second kappa shape index (κ2) is 3.53. The van der Waals surface area contributed by atoms with E-state index < -0.39 is 5.76 Å². The molecule has 0 atom stereocenters. The number of aromatic nitrogens is 2. The number of hydrogen-bond acceptors (Lipinski definition) is 4. The van der Waals surface area contributed by atoms with Crippen LogP contribution in [0.25, 0.3) is 21.9 Å². The molecule has 0 amide bonds. The summed E-state index contributed by atoms with van der Waals surface area (Å²) in [5.41, 5.74) is 1.22. The molecular weight excluding hydrogens is 232 g/mol. The van der Waals surface area contributed by atoms with Gasteiger partial charge >= 0.3 is 5.76 Å². The standard InChI is InChI=1S/C13H10N2O3/c1-7-10-11(18-13(17)14-7)8-5-3-4-6-9(8)15(2)12(10)16/h3-6H,1-2H3. The number of benzene rings is 1. The lowest BCUT2D eigenvalue weighted by Crippen LogP contribution is -2.20. The van der Waals surface area contributed by atoms with Gasteiger partial charge in [0.2, 0.25) is 0 Å². The lowest BCUT2D eigenvalue weighted by molar-refractivity contribution is 0.530. The van der Waals surface area contributed by atoms with Crippen molar-refractivity contribution in [3.05, 3.63) is 50.9 Å². The Labute approximate surface area is 101 Å². The van der Waals surface area contributed by atoms with Crippen LogP contribution >= 0.6 is 0 Å². The number of fused-ring (bicyclic) bond motifs is 3. The Kier molecular flexibility index (Phi) is 2.10. The Bertz CT molecular complexity index is 890. The van der Waals surface area contributed by atoms with E-state index in [1.54, 1.807) is 14.0 Å². The van der Waals surface area contributed by atoms with E-state index in [-0.39, 0.29) is 5.56 Å². The van der Waals surface area contributed by atoms with Crippen LogP contribution in [0.1, 0.15) is 5.69 Å². The lowest BCUT2D eigenvalue weighted by Gasteiger charge is -2.08. The monoisotopic (exact) mass is 242 g/mol. The Balaban J connectivity index is 2.79. The molecule has 90 valence electrons. The molecule has 3 aromatic rings. The molecule has 2 aromatic heterocycles. The summed E-state index contributed by atoms with van der Waals surface area (Å²) in [6.07, 6.45) is 0. The summed E-state index contributed by atoms with van der Waals surface area (Å²) in [4.78, 5) is 27.3. The van der Waals surface area contributed by atoms with Gasteiger partial charge < -0.3 is 8.98 Å². The molecule has 0 aliphatic heterocycles. The minimum absolute atomic E-state index is 0.211. The molecule has 2 heterocycles. The Hall–Kier alpha value is -2.43. The van der Waals surface area contributed by atoms with Gasteiger partial charge in [0.15, 0.2) is 5.58 Å². The maximum Gasteiger partial charge on any atom is 0.439 e. The van der Waals surface area contributed by atoms with Crippen molar-refractivity contribution in [2.24, 2.45) is 7.05 Å². The number of hydrogen-bond donors (Lipinski definition) is 0. The fourth-order valence-electron chi connectivity index (χ4n) is 2.20. The maximum atomic E-state index is 12.2. The average molecular weight is 242 g/mol. The molecule has 3 rings (SSSR count). The van der Waals surface area contributed by atoms with Gasteiger partial charge in [0.25, 0.3) is 5.56 Å². The zero-order valence-corrected chi connectivity index (χ0v) is 9.93. The molecule has 0 fully saturated rings. The summed E-state index contributed by atoms with van der Waals surface area (Å²) in [5.74, 6) is -0.682. The quantitative estimate of drug-likeness (QED) is 0.558. The molecule has 0 saturated heterocycles. The van der Waals surface area contributed by atoms with E-state index in [2.05, 4.69) is 4.98 Å². The van der Waals surface area contributed by atoms with Crippen molar-refractivity contribution in [3.8, 4) is 0 Å². The minimum Gasteiger partial charge on any atom is -0.407 e. The van der Waals surface area contributed by atoms with Gasteiger partial charge in [0.1, 0.15) is 5.39 Å².